The molecular formula is C29H20ClNO. The van der Waals surface area contributed by atoms with Gasteiger partial charge in [-0.2, -0.15) is 4.57 Å². The number of rotatable bonds is 4. The molecule has 1 heterocycles. The third kappa shape index (κ3) is 3.89. The van der Waals surface area contributed by atoms with E-state index >= 15 is 0 Å². The third-order valence-corrected chi connectivity index (χ3v) is 5.80. The minimum absolute atomic E-state index is 0.193. The topological polar surface area (TPSA) is 26.9 Å². The highest BCUT2D eigenvalue weighted by molar-refractivity contribution is 6.31. The van der Waals surface area contributed by atoms with E-state index in [0.717, 1.165) is 39.3 Å². The van der Waals surface area contributed by atoms with Gasteiger partial charge in [-0.25, -0.2) is 0 Å². The molecule has 0 spiro atoms. The molecule has 0 aliphatic heterocycles. The highest BCUT2D eigenvalue weighted by Crippen LogP contribution is 2.31. The van der Waals surface area contributed by atoms with Crippen LogP contribution in [0.1, 0.15) is 0 Å². The Morgan fingerprint density at radius 2 is 0.969 bits per heavy atom. The third-order valence-electron chi connectivity index (χ3n) is 5.49. The number of halogens is 1. The van der Waals surface area contributed by atoms with Crippen molar-refractivity contribution in [3.63, 3.8) is 0 Å². The second kappa shape index (κ2) is 8.70. The van der Waals surface area contributed by atoms with E-state index in [1.165, 1.54) is 0 Å². The van der Waals surface area contributed by atoms with E-state index in [1.54, 1.807) is 12.1 Å². The minimum Gasteiger partial charge on any atom is -0.871 e. The summed E-state index contributed by atoms with van der Waals surface area (Å²) in [4.78, 5) is 0. The summed E-state index contributed by atoms with van der Waals surface area (Å²) < 4.78 is 2.13. The highest BCUT2D eigenvalue weighted by Gasteiger charge is 2.24. The van der Waals surface area contributed by atoms with Crippen molar-refractivity contribution < 1.29 is 9.67 Å². The van der Waals surface area contributed by atoms with Crippen LogP contribution in [0.4, 0.5) is 0 Å². The molecule has 0 fully saturated rings. The molecule has 0 saturated heterocycles. The molecule has 32 heavy (non-hydrogen) atoms. The molecule has 0 N–H and O–H groups in total. The zero-order valence-electron chi connectivity index (χ0n) is 17.3. The van der Waals surface area contributed by atoms with E-state index in [2.05, 4.69) is 53.1 Å². The van der Waals surface area contributed by atoms with Crippen LogP contribution in [0.15, 0.2) is 121 Å². The van der Waals surface area contributed by atoms with E-state index in [0.29, 0.717) is 0 Å². The van der Waals surface area contributed by atoms with Gasteiger partial charge < -0.3 is 5.11 Å². The van der Waals surface area contributed by atoms with Crippen molar-refractivity contribution in [2.45, 2.75) is 0 Å². The summed E-state index contributed by atoms with van der Waals surface area (Å²) in [6.45, 7) is 0. The van der Waals surface area contributed by atoms with Crippen molar-refractivity contribution in [2.24, 2.45) is 0 Å². The molecule has 0 bridgehead atoms. The van der Waals surface area contributed by atoms with Crippen LogP contribution in [0.3, 0.4) is 0 Å². The zero-order chi connectivity index (χ0) is 21.9. The van der Waals surface area contributed by atoms with Gasteiger partial charge in [0.05, 0.1) is 0 Å². The quantitative estimate of drug-likeness (QED) is 0.290. The van der Waals surface area contributed by atoms with Crippen LogP contribution in [0.5, 0.6) is 5.75 Å². The van der Waals surface area contributed by atoms with Gasteiger partial charge in [0.15, 0.2) is 0 Å². The average molecular weight is 434 g/mol. The lowest BCUT2D eigenvalue weighted by molar-refractivity contribution is -0.572. The molecule has 0 aliphatic carbocycles. The highest BCUT2D eigenvalue weighted by atomic mass is 35.5. The Balaban J connectivity index is 1.88. The molecule has 2 nitrogen and oxygen atoms in total. The van der Waals surface area contributed by atoms with Crippen molar-refractivity contribution >= 4 is 11.6 Å². The van der Waals surface area contributed by atoms with Crippen LogP contribution in [0.2, 0.25) is 5.02 Å². The summed E-state index contributed by atoms with van der Waals surface area (Å²) >= 11 is 6.07. The Kier molecular flexibility index (Phi) is 5.45. The fourth-order valence-electron chi connectivity index (χ4n) is 3.94. The smallest absolute Gasteiger partial charge is 0.219 e. The Hall–Kier alpha value is -3.88. The molecule has 4 aromatic carbocycles. The molecule has 0 unspecified atom stereocenters. The van der Waals surface area contributed by atoms with Crippen LogP contribution in [0.25, 0.3) is 39.3 Å². The number of aromatic nitrogens is 1. The average Bonchev–Trinajstić information content (AvgIpc) is 2.86. The Bertz CT molecular complexity index is 1310. The first-order valence-corrected chi connectivity index (χ1v) is 10.8. The van der Waals surface area contributed by atoms with Crippen LogP contribution >= 0.6 is 11.6 Å². The largest absolute Gasteiger partial charge is 0.871 e. The van der Waals surface area contributed by atoms with Gasteiger partial charge in [0.2, 0.25) is 17.1 Å². The van der Waals surface area contributed by atoms with Crippen LogP contribution in [-0.4, -0.2) is 0 Å². The SMILES string of the molecule is [O-]c1cc(-[n+]2c(-c3ccccc3)cc(-c3ccccc3)cc2-c2ccccc2)ccc1Cl. The fraction of sp³-hybridized carbons (Fsp3) is 0. The van der Waals surface area contributed by atoms with Crippen LogP contribution in [0, 0.1) is 0 Å². The van der Waals surface area contributed by atoms with Gasteiger partial charge in [0.25, 0.3) is 0 Å². The van der Waals surface area contributed by atoms with Gasteiger partial charge in [-0.15, -0.1) is 0 Å². The lowest BCUT2D eigenvalue weighted by Crippen LogP contribution is -2.36. The summed E-state index contributed by atoms with van der Waals surface area (Å²) in [5.41, 5.74) is 7.12. The van der Waals surface area contributed by atoms with Gasteiger partial charge in [-0.3, -0.25) is 0 Å². The monoisotopic (exact) mass is 433 g/mol. The second-order valence-corrected chi connectivity index (χ2v) is 7.97. The Morgan fingerprint density at radius 3 is 1.44 bits per heavy atom. The van der Waals surface area contributed by atoms with Crippen molar-refractivity contribution in [1.82, 2.24) is 0 Å². The minimum atomic E-state index is -0.193. The number of hydrogen-bond acceptors (Lipinski definition) is 1. The van der Waals surface area contributed by atoms with Gasteiger partial charge in [-0.1, -0.05) is 84.1 Å². The molecule has 0 saturated carbocycles. The fourth-order valence-corrected chi connectivity index (χ4v) is 4.06. The predicted octanol–water partition coefficient (Wildman–Crippen LogP) is 6.69. The molecule has 0 radical (unpaired) electrons. The Labute approximate surface area is 192 Å². The summed E-state index contributed by atoms with van der Waals surface area (Å²) in [5, 5.41) is 12.7. The summed E-state index contributed by atoms with van der Waals surface area (Å²) in [5.74, 6) is -0.193. The van der Waals surface area contributed by atoms with Crippen molar-refractivity contribution in [2.75, 3.05) is 0 Å². The molecule has 3 heteroatoms. The van der Waals surface area contributed by atoms with E-state index in [4.69, 9.17) is 11.6 Å². The molecule has 5 rings (SSSR count). The van der Waals surface area contributed by atoms with Gasteiger partial charge in [-0.05, 0) is 41.5 Å². The first-order chi connectivity index (χ1) is 15.7. The maximum atomic E-state index is 12.5. The number of hydrogen-bond donors (Lipinski definition) is 0. The van der Waals surface area contributed by atoms with Crippen LogP contribution < -0.4 is 9.67 Å². The first kappa shape index (κ1) is 20.0. The number of pyridine rings is 1. The standard InChI is InChI=1S/C29H20ClNO/c30-26-17-16-25(20-29(26)32)31-27(22-12-6-2-7-13-22)18-24(21-10-4-1-5-11-21)19-28(31)23-14-8-3-9-15-23/h1-20H. The molecule has 1 aromatic heterocycles. The lowest BCUT2D eigenvalue weighted by Gasteiger charge is -2.14. The van der Waals surface area contributed by atoms with Crippen molar-refractivity contribution in [1.29, 1.82) is 0 Å². The van der Waals surface area contributed by atoms with Gasteiger partial charge >= 0.3 is 0 Å². The second-order valence-electron chi connectivity index (χ2n) is 7.56. The van der Waals surface area contributed by atoms with E-state index in [-0.39, 0.29) is 10.8 Å². The van der Waals surface area contributed by atoms with Crippen LogP contribution in [-0.2, 0) is 0 Å². The molecule has 5 aromatic rings. The summed E-state index contributed by atoms with van der Waals surface area (Å²) in [7, 11) is 0. The number of benzene rings is 4. The molecular weight excluding hydrogens is 414 g/mol. The van der Waals surface area contributed by atoms with Gasteiger partial charge in [0, 0.05) is 40.4 Å². The predicted molar refractivity (Wildman–Crippen MR) is 129 cm³/mol. The number of nitrogens with zero attached hydrogens (tertiary/aromatic N) is 1. The van der Waals surface area contributed by atoms with Crippen molar-refractivity contribution in [3.8, 4) is 45.1 Å². The molecule has 0 atom stereocenters. The summed E-state index contributed by atoms with van der Waals surface area (Å²) in [6.07, 6.45) is 0. The first-order valence-electron chi connectivity index (χ1n) is 10.4. The zero-order valence-corrected chi connectivity index (χ0v) is 18.0. The molecule has 0 amide bonds. The summed E-state index contributed by atoms with van der Waals surface area (Å²) in [6, 6.07) is 40.3. The Morgan fingerprint density at radius 1 is 0.500 bits per heavy atom. The maximum Gasteiger partial charge on any atom is 0.219 e. The maximum absolute atomic E-state index is 12.5. The lowest BCUT2D eigenvalue weighted by atomic mass is 9.98. The normalized spacial score (nSPS) is 10.8. The van der Waals surface area contributed by atoms with Gasteiger partial charge in [0.1, 0.15) is 0 Å². The van der Waals surface area contributed by atoms with Crippen molar-refractivity contribution in [3.05, 3.63) is 126 Å². The van der Waals surface area contributed by atoms with E-state index in [1.807, 2.05) is 60.7 Å². The van der Waals surface area contributed by atoms with E-state index < -0.39 is 0 Å². The molecule has 0 aliphatic rings. The molecule has 154 valence electrons. The van der Waals surface area contributed by atoms with E-state index in [9.17, 15) is 5.11 Å².